The molecule has 0 unspecified atom stereocenters. The average molecular weight is 131 g/mol. The zero-order chi connectivity index (χ0) is 7.23. The first-order chi connectivity index (χ1) is 4.93. The second-order valence-corrected chi connectivity index (χ2v) is 2.10. The molecular formula is C8H10BN. The maximum atomic E-state index is 3.99. The van der Waals surface area contributed by atoms with Crippen molar-refractivity contribution in [3.8, 4) is 0 Å². The molecular weight excluding hydrogens is 121 g/mol. The van der Waals surface area contributed by atoms with E-state index in [1.54, 1.807) is 6.20 Å². The van der Waals surface area contributed by atoms with E-state index in [-0.39, 0.29) is 0 Å². The molecule has 0 atom stereocenters. The van der Waals surface area contributed by atoms with Crippen LogP contribution in [0.15, 0.2) is 24.4 Å². The number of allylic oxidation sites excluding steroid dienone is 1. The van der Waals surface area contributed by atoms with Crippen LogP contribution in [0.4, 0.5) is 0 Å². The Labute approximate surface area is 62.0 Å². The molecule has 1 aromatic heterocycles. The van der Waals surface area contributed by atoms with Gasteiger partial charge in [-0.25, -0.2) is 0 Å². The fourth-order valence-corrected chi connectivity index (χ4v) is 0.728. The van der Waals surface area contributed by atoms with Crippen molar-refractivity contribution in [3.05, 3.63) is 29.9 Å². The van der Waals surface area contributed by atoms with Crippen LogP contribution >= 0.6 is 0 Å². The Bertz CT molecular complexity index is 206. The molecule has 1 nitrogen and oxygen atoms in total. The maximum absolute atomic E-state index is 3.99. The third kappa shape index (κ3) is 2.13. The van der Waals surface area contributed by atoms with Gasteiger partial charge in [-0.1, -0.05) is 0 Å². The van der Waals surface area contributed by atoms with Crippen molar-refractivity contribution in [2.75, 3.05) is 0 Å². The SMILES string of the molecule is CC/C=C/c1bccnc1. The Morgan fingerprint density at radius 3 is 3.20 bits per heavy atom. The third-order valence-corrected chi connectivity index (χ3v) is 1.23. The molecule has 0 saturated heterocycles. The molecule has 0 amide bonds. The first-order valence-electron chi connectivity index (χ1n) is 3.50. The van der Waals surface area contributed by atoms with Crippen molar-refractivity contribution in [1.29, 1.82) is 0 Å². The summed E-state index contributed by atoms with van der Waals surface area (Å²) in [6.45, 7) is 4.16. The van der Waals surface area contributed by atoms with E-state index in [1.807, 2.05) is 19.1 Å². The summed E-state index contributed by atoms with van der Waals surface area (Å²) in [5.74, 6) is 1.94. The van der Waals surface area contributed by atoms with Crippen LogP contribution in [0.2, 0.25) is 0 Å². The van der Waals surface area contributed by atoms with Gasteiger partial charge in [0.25, 0.3) is 0 Å². The van der Waals surface area contributed by atoms with Gasteiger partial charge in [0.1, 0.15) is 0 Å². The third-order valence-electron chi connectivity index (χ3n) is 1.23. The minimum absolute atomic E-state index is 1.08. The van der Waals surface area contributed by atoms with Crippen LogP contribution < -0.4 is 0 Å². The summed E-state index contributed by atoms with van der Waals surface area (Å²) in [4.78, 5) is 3.99. The molecule has 0 bridgehead atoms. The zero-order valence-corrected chi connectivity index (χ0v) is 6.12. The molecule has 0 saturated carbocycles. The van der Waals surface area contributed by atoms with E-state index in [4.69, 9.17) is 0 Å². The van der Waals surface area contributed by atoms with Crippen LogP contribution in [0.3, 0.4) is 0 Å². The predicted octanol–water partition coefficient (Wildman–Crippen LogP) is 1.84. The van der Waals surface area contributed by atoms with Gasteiger partial charge in [0.15, 0.2) is 0 Å². The van der Waals surface area contributed by atoms with Crippen LogP contribution in [-0.4, -0.2) is 11.9 Å². The predicted molar refractivity (Wildman–Crippen MR) is 44.9 cm³/mol. The van der Waals surface area contributed by atoms with E-state index in [1.165, 1.54) is 5.46 Å². The molecule has 0 radical (unpaired) electrons. The Morgan fingerprint density at radius 1 is 1.70 bits per heavy atom. The Kier molecular flexibility index (Phi) is 2.87. The minimum atomic E-state index is 1.08. The first-order valence-corrected chi connectivity index (χ1v) is 3.50. The van der Waals surface area contributed by atoms with E-state index >= 15 is 0 Å². The number of hydrogen-bond acceptors (Lipinski definition) is 1. The molecule has 1 heterocycles. The van der Waals surface area contributed by atoms with Gasteiger partial charge in [-0.3, -0.25) is 0 Å². The van der Waals surface area contributed by atoms with Crippen molar-refractivity contribution in [1.82, 2.24) is 4.98 Å². The molecule has 2 heteroatoms. The van der Waals surface area contributed by atoms with Crippen molar-refractivity contribution in [2.24, 2.45) is 0 Å². The second kappa shape index (κ2) is 3.99. The van der Waals surface area contributed by atoms with Gasteiger partial charge in [0.2, 0.25) is 0 Å². The molecule has 0 aliphatic carbocycles. The monoisotopic (exact) mass is 131 g/mol. The Balaban J connectivity index is 2.67. The van der Waals surface area contributed by atoms with Crippen molar-refractivity contribution in [2.45, 2.75) is 13.3 Å². The van der Waals surface area contributed by atoms with Gasteiger partial charge in [0.05, 0.1) is 0 Å². The fourth-order valence-electron chi connectivity index (χ4n) is 0.728. The van der Waals surface area contributed by atoms with Crippen molar-refractivity contribution >= 4 is 13.0 Å². The number of rotatable bonds is 2. The number of hydrogen-bond donors (Lipinski definition) is 0. The summed E-state index contributed by atoms with van der Waals surface area (Å²) >= 11 is 0. The quantitative estimate of drug-likeness (QED) is 0.596. The number of aromatic nitrogens is 1. The topological polar surface area (TPSA) is 12.9 Å². The summed E-state index contributed by atoms with van der Waals surface area (Å²) in [6, 6.07) is 0. The van der Waals surface area contributed by atoms with E-state index < -0.39 is 0 Å². The summed E-state index contributed by atoms with van der Waals surface area (Å²) in [5.41, 5.74) is 1.17. The van der Waals surface area contributed by atoms with E-state index in [0.29, 0.717) is 0 Å². The standard InChI is InChI=1S/C8H10BN/c1-2-3-4-8-7-10-6-5-9-8/h3-7H,2H2,1H3/b4-3+. The van der Waals surface area contributed by atoms with E-state index in [9.17, 15) is 0 Å². The van der Waals surface area contributed by atoms with Gasteiger partial charge >= 0.3 is 61.2 Å². The molecule has 1 aromatic rings. The van der Waals surface area contributed by atoms with Crippen LogP contribution in [0.5, 0.6) is 0 Å². The first kappa shape index (κ1) is 7.20. The number of nitrogens with zero attached hydrogens (tertiary/aromatic N) is 1. The molecule has 10 heavy (non-hydrogen) atoms. The van der Waals surface area contributed by atoms with Crippen molar-refractivity contribution < 1.29 is 0 Å². The van der Waals surface area contributed by atoms with Gasteiger partial charge < -0.3 is 0 Å². The molecule has 0 aromatic carbocycles. The van der Waals surface area contributed by atoms with Crippen LogP contribution in [-0.2, 0) is 0 Å². The molecule has 0 fully saturated rings. The van der Waals surface area contributed by atoms with Gasteiger partial charge in [0, 0.05) is 0 Å². The van der Waals surface area contributed by atoms with Gasteiger partial charge in [-0.15, -0.1) is 0 Å². The summed E-state index contributed by atoms with van der Waals surface area (Å²) in [6.07, 6.45) is 8.91. The fraction of sp³-hybridized carbons (Fsp3) is 0.250. The normalized spacial score (nSPS) is 10.1. The van der Waals surface area contributed by atoms with E-state index in [0.717, 1.165) is 6.42 Å². The van der Waals surface area contributed by atoms with E-state index in [2.05, 4.69) is 24.1 Å². The zero-order valence-electron chi connectivity index (χ0n) is 6.12. The van der Waals surface area contributed by atoms with Crippen LogP contribution in [0.1, 0.15) is 18.8 Å². The summed E-state index contributed by atoms with van der Waals surface area (Å²) in [5, 5.41) is 0. The molecule has 0 aliphatic rings. The summed E-state index contributed by atoms with van der Waals surface area (Å²) in [7, 11) is 0. The summed E-state index contributed by atoms with van der Waals surface area (Å²) < 4.78 is 0. The molecule has 0 spiro atoms. The Hall–Kier alpha value is -0.915. The van der Waals surface area contributed by atoms with Crippen molar-refractivity contribution in [3.63, 3.8) is 0 Å². The second-order valence-electron chi connectivity index (χ2n) is 2.10. The average Bonchev–Trinajstić information content (AvgIpc) is 2.03. The Morgan fingerprint density at radius 2 is 2.60 bits per heavy atom. The molecule has 50 valence electrons. The van der Waals surface area contributed by atoms with Crippen LogP contribution in [0.25, 0.3) is 6.08 Å². The molecule has 0 N–H and O–H groups in total. The van der Waals surface area contributed by atoms with Gasteiger partial charge in [-0.2, -0.15) is 0 Å². The molecule has 1 rings (SSSR count). The van der Waals surface area contributed by atoms with Gasteiger partial charge in [-0.05, 0) is 0 Å². The van der Waals surface area contributed by atoms with Crippen LogP contribution in [0, 0.1) is 0 Å². The molecule has 0 aliphatic heterocycles.